The van der Waals surface area contributed by atoms with E-state index in [1.807, 2.05) is 13.8 Å². The van der Waals surface area contributed by atoms with Gasteiger partial charge in [-0.1, -0.05) is 0 Å². The smallest absolute Gasteiger partial charge is 0.372 e. The van der Waals surface area contributed by atoms with Crippen LogP contribution >= 0.6 is 0 Å². The zero-order chi connectivity index (χ0) is 12.0. The second kappa shape index (κ2) is 6.30. The van der Waals surface area contributed by atoms with Crippen LogP contribution in [0.4, 0.5) is 0 Å². The topological polar surface area (TPSA) is 71.7 Å². The van der Waals surface area contributed by atoms with Crippen LogP contribution in [0.3, 0.4) is 0 Å². The second-order valence-electron chi connectivity index (χ2n) is 3.48. The van der Waals surface area contributed by atoms with Gasteiger partial charge in [0.1, 0.15) is 0 Å². The van der Waals surface area contributed by atoms with Crippen molar-refractivity contribution in [1.82, 2.24) is 5.32 Å². The van der Waals surface area contributed by atoms with E-state index in [0.717, 1.165) is 0 Å². The summed E-state index contributed by atoms with van der Waals surface area (Å²) in [7, 11) is 0. The van der Waals surface area contributed by atoms with Crippen molar-refractivity contribution in [2.24, 2.45) is 0 Å². The Kier molecular flexibility index (Phi) is 5.01. The molecular weight excluding hydrogens is 210 g/mol. The third-order valence-electron chi connectivity index (χ3n) is 2.14. The highest BCUT2D eigenvalue weighted by Crippen LogP contribution is 2.09. The summed E-state index contributed by atoms with van der Waals surface area (Å²) in [5.41, 5.74) is 0.649. The van der Waals surface area contributed by atoms with E-state index in [-0.39, 0.29) is 11.9 Å². The first kappa shape index (κ1) is 12.7. The fourth-order valence-electron chi connectivity index (χ4n) is 1.42. The first-order valence-electron chi connectivity index (χ1n) is 5.27. The number of hydrogen-bond acceptors (Lipinski definition) is 4. The van der Waals surface area contributed by atoms with Crippen molar-refractivity contribution < 1.29 is 19.1 Å². The van der Waals surface area contributed by atoms with Gasteiger partial charge >= 0.3 is 5.97 Å². The van der Waals surface area contributed by atoms with Crippen LogP contribution < -0.4 is 5.32 Å². The van der Waals surface area contributed by atoms with Crippen LogP contribution in [0.2, 0.25) is 0 Å². The average molecular weight is 227 g/mol. The van der Waals surface area contributed by atoms with E-state index in [2.05, 4.69) is 5.32 Å². The zero-order valence-corrected chi connectivity index (χ0v) is 9.53. The Labute approximate surface area is 94.4 Å². The molecule has 0 aromatic carbocycles. The van der Waals surface area contributed by atoms with Crippen LogP contribution in [0, 0.1) is 0 Å². The number of nitrogens with one attached hydrogen (secondary N) is 1. The molecule has 5 nitrogen and oxygen atoms in total. The van der Waals surface area contributed by atoms with Crippen LogP contribution in [0.15, 0.2) is 16.7 Å². The standard InChI is InChI=1S/C11H17NO4/c1-3-15-8(2)6-12-7-9-4-5-16-10(9)11(13)14/h4-5,8,12H,3,6-7H2,1-2H3,(H,13,14). The molecule has 0 aliphatic carbocycles. The maximum atomic E-state index is 10.7. The van der Waals surface area contributed by atoms with Gasteiger partial charge in [0.15, 0.2) is 0 Å². The van der Waals surface area contributed by atoms with E-state index in [1.165, 1.54) is 6.26 Å². The minimum absolute atomic E-state index is 0.00318. The van der Waals surface area contributed by atoms with Gasteiger partial charge in [-0.2, -0.15) is 0 Å². The van der Waals surface area contributed by atoms with Crippen LogP contribution in [0.5, 0.6) is 0 Å². The molecule has 2 N–H and O–H groups in total. The molecule has 0 spiro atoms. The summed E-state index contributed by atoms with van der Waals surface area (Å²) in [4.78, 5) is 10.7. The quantitative estimate of drug-likeness (QED) is 0.738. The first-order valence-corrected chi connectivity index (χ1v) is 5.27. The Bertz CT molecular complexity index is 334. The van der Waals surface area contributed by atoms with Gasteiger partial charge in [0.2, 0.25) is 5.76 Å². The first-order chi connectivity index (χ1) is 7.65. The third kappa shape index (κ3) is 3.67. The maximum Gasteiger partial charge on any atom is 0.372 e. The van der Waals surface area contributed by atoms with Crippen molar-refractivity contribution >= 4 is 5.97 Å². The molecule has 0 aliphatic heterocycles. The van der Waals surface area contributed by atoms with E-state index in [0.29, 0.717) is 25.3 Å². The number of hydrogen-bond donors (Lipinski definition) is 2. The van der Waals surface area contributed by atoms with Gasteiger partial charge in [0.25, 0.3) is 0 Å². The molecule has 0 aliphatic rings. The molecular formula is C11H17NO4. The molecule has 16 heavy (non-hydrogen) atoms. The summed E-state index contributed by atoms with van der Waals surface area (Å²) in [5, 5.41) is 11.9. The largest absolute Gasteiger partial charge is 0.475 e. The highest BCUT2D eigenvalue weighted by molar-refractivity contribution is 5.86. The SMILES string of the molecule is CCOC(C)CNCc1ccoc1C(=O)O. The molecule has 0 bridgehead atoms. The summed E-state index contributed by atoms with van der Waals surface area (Å²) in [5.74, 6) is -1.05. The van der Waals surface area contributed by atoms with Gasteiger partial charge in [-0.15, -0.1) is 0 Å². The van der Waals surface area contributed by atoms with E-state index >= 15 is 0 Å². The van der Waals surface area contributed by atoms with Crippen molar-refractivity contribution in [2.45, 2.75) is 26.5 Å². The summed E-state index contributed by atoms with van der Waals surface area (Å²) in [6, 6.07) is 1.65. The number of ether oxygens (including phenoxy) is 1. The molecule has 1 heterocycles. The molecule has 1 aromatic heterocycles. The Morgan fingerprint density at radius 3 is 3.06 bits per heavy atom. The number of carboxylic acids is 1. The van der Waals surface area contributed by atoms with Gasteiger partial charge in [0.05, 0.1) is 12.4 Å². The minimum atomic E-state index is -1.04. The molecule has 90 valence electrons. The molecule has 1 aromatic rings. The van der Waals surface area contributed by atoms with Crippen LogP contribution in [0.1, 0.15) is 30.0 Å². The molecule has 5 heteroatoms. The van der Waals surface area contributed by atoms with Crippen molar-refractivity contribution in [3.05, 3.63) is 23.7 Å². The number of carbonyl (C=O) groups is 1. The predicted octanol–water partition coefficient (Wildman–Crippen LogP) is 1.49. The Morgan fingerprint density at radius 1 is 1.69 bits per heavy atom. The highest BCUT2D eigenvalue weighted by Gasteiger charge is 2.13. The summed E-state index contributed by atoms with van der Waals surface area (Å²) < 4.78 is 10.2. The minimum Gasteiger partial charge on any atom is -0.475 e. The van der Waals surface area contributed by atoms with Gasteiger partial charge in [-0.25, -0.2) is 4.79 Å². The van der Waals surface area contributed by atoms with Crippen LogP contribution in [0.25, 0.3) is 0 Å². The van der Waals surface area contributed by atoms with E-state index in [1.54, 1.807) is 6.07 Å². The molecule has 1 unspecified atom stereocenters. The fourth-order valence-corrected chi connectivity index (χ4v) is 1.42. The molecule has 0 saturated heterocycles. The summed E-state index contributed by atoms with van der Waals surface area (Å²) >= 11 is 0. The normalized spacial score (nSPS) is 12.6. The lowest BCUT2D eigenvalue weighted by Crippen LogP contribution is -2.26. The van der Waals surface area contributed by atoms with Crippen molar-refractivity contribution in [3.63, 3.8) is 0 Å². The Morgan fingerprint density at radius 2 is 2.44 bits per heavy atom. The molecule has 0 saturated carbocycles. The molecule has 0 amide bonds. The van der Waals surface area contributed by atoms with Crippen molar-refractivity contribution in [1.29, 1.82) is 0 Å². The Hall–Kier alpha value is -1.33. The molecule has 0 radical (unpaired) electrons. The molecule has 1 rings (SSSR count). The average Bonchev–Trinajstić information content (AvgIpc) is 2.66. The van der Waals surface area contributed by atoms with E-state index in [4.69, 9.17) is 14.3 Å². The summed E-state index contributed by atoms with van der Waals surface area (Å²) in [6.07, 6.45) is 1.50. The van der Waals surface area contributed by atoms with Gasteiger partial charge in [0, 0.05) is 25.3 Å². The number of carboxylic acid groups (broad SMARTS) is 1. The van der Waals surface area contributed by atoms with E-state index in [9.17, 15) is 4.79 Å². The number of aromatic carboxylic acids is 1. The lowest BCUT2D eigenvalue weighted by Gasteiger charge is -2.11. The molecule has 1 atom stereocenters. The summed E-state index contributed by atoms with van der Waals surface area (Å²) in [6.45, 7) is 5.72. The maximum absolute atomic E-state index is 10.7. The van der Waals surface area contributed by atoms with E-state index < -0.39 is 5.97 Å². The zero-order valence-electron chi connectivity index (χ0n) is 9.53. The monoisotopic (exact) mass is 227 g/mol. The van der Waals surface area contributed by atoms with Gasteiger partial charge in [-0.3, -0.25) is 0 Å². The van der Waals surface area contributed by atoms with Gasteiger partial charge < -0.3 is 19.6 Å². The number of rotatable bonds is 7. The van der Waals surface area contributed by atoms with Crippen molar-refractivity contribution in [2.75, 3.05) is 13.2 Å². The van der Waals surface area contributed by atoms with Crippen LogP contribution in [-0.4, -0.2) is 30.3 Å². The highest BCUT2D eigenvalue weighted by atomic mass is 16.5. The lowest BCUT2D eigenvalue weighted by atomic mass is 10.2. The van der Waals surface area contributed by atoms with Crippen LogP contribution in [-0.2, 0) is 11.3 Å². The third-order valence-corrected chi connectivity index (χ3v) is 2.14. The number of furan rings is 1. The van der Waals surface area contributed by atoms with Crippen molar-refractivity contribution in [3.8, 4) is 0 Å². The Balaban J connectivity index is 2.37. The lowest BCUT2D eigenvalue weighted by molar-refractivity contribution is 0.0660. The molecule has 0 fully saturated rings. The predicted molar refractivity (Wildman–Crippen MR) is 58.5 cm³/mol. The second-order valence-corrected chi connectivity index (χ2v) is 3.48. The fraction of sp³-hybridized carbons (Fsp3) is 0.545. The van der Waals surface area contributed by atoms with Gasteiger partial charge in [-0.05, 0) is 19.9 Å².